The summed E-state index contributed by atoms with van der Waals surface area (Å²) in [5.41, 5.74) is 6.77. The van der Waals surface area contributed by atoms with Gasteiger partial charge >= 0.3 is 0 Å². The van der Waals surface area contributed by atoms with Gasteiger partial charge in [0.2, 0.25) is 10.0 Å². The maximum Gasteiger partial charge on any atom is 0.242 e. The molecule has 1 aromatic carbocycles. The van der Waals surface area contributed by atoms with Gasteiger partial charge in [0.1, 0.15) is 4.90 Å². The summed E-state index contributed by atoms with van der Waals surface area (Å²) in [6, 6.07) is 4.85. The molecule has 116 valence electrons. The number of nitrogens with two attached hydrogens (primary N) is 1. The Morgan fingerprint density at radius 2 is 1.95 bits per heavy atom. The van der Waals surface area contributed by atoms with Gasteiger partial charge in [-0.3, -0.25) is 0 Å². The van der Waals surface area contributed by atoms with Crippen molar-refractivity contribution in [3.8, 4) is 0 Å². The number of hydrogen-bond donors (Lipinski definition) is 3. The highest BCUT2D eigenvalue weighted by molar-refractivity contribution is 7.91. The zero-order valence-electron chi connectivity index (χ0n) is 11.5. The predicted molar refractivity (Wildman–Crippen MR) is 82.2 cm³/mol. The third-order valence-electron chi connectivity index (χ3n) is 3.10. The van der Waals surface area contributed by atoms with Crippen LogP contribution in [0.1, 0.15) is 6.92 Å². The lowest BCUT2D eigenvalue weighted by Gasteiger charge is -2.06. The van der Waals surface area contributed by atoms with Crippen LogP contribution < -0.4 is 10.5 Å². The van der Waals surface area contributed by atoms with Crippen molar-refractivity contribution in [1.82, 2.24) is 9.71 Å². The van der Waals surface area contributed by atoms with Gasteiger partial charge in [-0.25, -0.2) is 21.6 Å². The standard InChI is InChI=1S/C12H17N3O4S2/c1-2-20(16,17)6-5-15-21(18,19)12-8-14-11-7-9(13)3-4-10(11)12/h3-4,7-8,14-15H,2,5-6,13H2,1H3. The lowest BCUT2D eigenvalue weighted by atomic mass is 10.2. The number of nitrogens with one attached hydrogen (secondary N) is 2. The van der Waals surface area contributed by atoms with Crippen LogP contribution in [-0.4, -0.2) is 39.9 Å². The highest BCUT2D eigenvalue weighted by atomic mass is 32.2. The fraction of sp³-hybridized carbons (Fsp3) is 0.333. The Balaban J connectivity index is 2.22. The highest BCUT2D eigenvalue weighted by Crippen LogP contribution is 2.24. The van der Waals surface area contributed by atoms with E-state index < -0.39 is 19.9 Å². The summed E-state index contributed by atoms with van der Waals surface area (Å²) in [5.74, 6) is -0.237. The molecule has 4 N–H and O–H groups in total. The molecule has 0 spiro atoms. The van der Waals surface area contributed by atoms with Gasteiger partial charge in [-0.05, 0) is 18.2 Å². The SMILES string of the molecule is CCS(=O)(=O)CCNS(=O)(=O)c1c[nH]c2cc(N)ccc12. The van der Waals surface area contributed by atoms with E-state index in [4.69, 9.17) is 5.73 Å². The van der Waals surface area contributed by atoms with Gasteiger partial charge in [-0.1, -0.05) is 6.92 Å². The van der Waals surface area contributed by atoms with E-state index in [1.54, 1.807) is 18.2 Å². The van der Waals surface area contributed by atoms with Gasteiger partial charge < -0.3 is 10.7 Å². The number of fused-ring (bicyclic) bond motifs is 1. The molecular formula is C12H17N3O4S2. The van der Waals surface area contributed by atoms with Crippen molar-refractivity contribution in [3.05, 3.63) is 24.4 Å². The highest BCUT2D eigenvalue weighted by Gasteiger charge is 2.19. The Hall–Kier alpha value is -1.58. The van der Waals surface area contributed by atoms with Crippen LogP contribution in [0, 0.1) is 0 Å². The molecule has 9 heteroatoms. The summed E-state index contributed by atoms with van der Waals surface area (Å²) >= 11 is 0. The fourth-order valence-electron chi connectivity index (χ4n) is 1.89. The van der Waals surface area contributed by atoms with Crippen LogP contribution in [-0.2, 0) is 19.9 Å². The molecule has 0 amide bonds. The summed E-state index contributed by atoms with van der Waals surface area (Å²) in [5, 5.41) is 0.509. The van der Waals surface area contributed by atoms with Crippen LogP contribution in [0.15, 0.2) is 29.3 Å². The number of benzene rings is 1. The first-order chi connectivity index (χ1) is 9.75. The second-order valence-electron chi connectivity index (χ2n) is 4.59. The quantitative estimate of drug-likeness (QED) is 0.664. The van der Waals surface area contributed by atoms with Crippen LogP contribution >= 0.6 is 0 Å². The first-order valence-corrected chi connectivity index (χ1v) is 9.62. The van der Waals surface area contributed by atoms with Crippen LogP contribution in [0.2, 0.25) is 0 Å². The minimum atomic E-state index is -3.77. The number of nitrogen functional groups attached to an aromatic ring is 1. The summed E-state index contributed by atoms with van der Waals surface area (Å²) in [6.07, 6.45) is 1.36. The maximum atomic E-state index is 12.2. The molecule has 0 aliphatic heterocycles. The molecule has 0 atom stereocenters. The molecule has 0 aliphatic rings. The average molecular weight is 331 g/mol. The summed E-state index contributed by atoms with van der Waals surface area (Å²) in [4.78, 5) is 2.91. The first kappa shape index (κ1) is 15.8. The molecule has 7 nitrogen and oxygen atoms in total. The summed E-state index contributed by atoms with van der Waals surface area (Å²) in [6.45, 7) is 1.37. The van der Waals surface area contributed by atoms with E-state index in [0.29, 0.717) is 16.6 Å². The molecular weight excluding hydrogens is 314 g/mol. The minimum Gasteiger partial charge on any atom is -0.399 e. The van der Waals surface area contributed by atoms with Gasteiger partial charge in [0.25, 0.3) is 0 Å². The molecule has 2 rings (SSSR count). The van der Waals surface area contributed by atoms with Gasteiger partial charge in [-0.2, -0.15) is 0 Å². The lowest BCUT2D eigenvalue weighted by molar-refractivity contribution is 0.582. The van der Waals surface area contributed by atoms with Crippen molar-refractivity contribution in [2.45, 2.75) is 11.8 Å². The third-order valence-corrected chi connectivity index (χ3v) is 6.31. The van der Waals surface area contributed by atoms with E-state index in [-0.39, 0.29) is 22.9 Å². The van der Waals surface area contributed by atoms with Gasteiger partial charge in [0, 0.05) is 35.1 Å². The Morgan fingerprint density at radius 1 is 1.24 bits per heavy atom. The van der Waals surface area contributed by atoms with Crippen molar-refractivity contribution in [2.75, 3.05) is 23.8 Å². The number of sulfone groups is 1. The van der Waals surface area contributed by atoms with Crippen molar-refractivity contribution in [2.24, 2.45) is 0 Å². The zero-order chi connectivity index (χ0) is 15.7. The van der Waals surface area contributed by atoms with E-state index in [2.05, 4.69) is 9.71 Å². The largest absolute Gasteiger partial charge is 0.399 e. The Bertz CT molecular complexity index is 854. The van der Waals surface area contributed by atoms with Crippen LogP contribution in [0.25, 0.3) is 10.9 Å². The second kappa shape index (κ2) is 5.66. The van der Waals surface area contributed by atoms with Crippen molar-refractivity contribution >= 4 is 36.5 Å². The zero-order valence-corrected chi connectivity index (χ0v) is 13.1. The maximum absolute atomic E-state index is 12.2. The normalized spacial score (nSPS) is 12.8. The molecule has 0 radical (unpaired) electrons. The van der Waals surface area contributed by atoms with E-state index in [1.165, 1.54) is 13.1 Å². The summed E-state index contributed by atoms with van der Waals surface area (Å²) in [7, 11) is -6.98. The molecule has 0 saturated heterocycles. The molecule has 0 bridgehead atoms. The molecule has 0 saturated carbocycles. The first-order valence-electron chi connectivity index (χ1n) is 6.32. The topological polar surface area (TPSA) is 122 Å². The number of aromatic amines is 1. The number of hydrogen-bond acceptors (Lipinski definition) is 5. The van der Waals surface area contributed by atoms with E-state index in [0.717, 1.165) is 0 Å². The molecule has 0 unspecified atom stereocenters. The van der Waals surface area contributed by atoms with Crippen molar-refractivity contribution in [1.29, 1.82) is 0 Å². The second-order valence-corrected chi connectivity index (χ2v) is 8.80. The lowest BCUT2D eigenvalue weighted by Crippen LogP contribution is -2.29. The Morgan fingerprint density at radius 3 is 2.62 bits per heavy atom. The van der Waals surface area contributed by atoms with E-state index >= 15 is 0 Å². The molecule has 1 heterocycles. The van der Waals surface area contributed by atoms with Gasteiger partial charge in [0.05, 0.1) is 5.75 Å². The van der Waals surface area contributed by atoms with E-state index in [9.17, 15) is 16.8 Å². The van der Waals surface area contributed by atoms with Crippen LogP contribution in [0.3, 0.4) is 0 Å². The number of rotatable bonds is 6. The molecule has 2 aromatic rings. The molecule has 0 aliphatic carbocycles. The number of H-pyrrole nitrogens is 1. The van der Waals surface area contributed by atoms with Gasteiger partial charge in [-0.15, -0.1) is 0 Å². The van der Waals surface area contributed by atoms with Crippen LogP contribution in [0.4, 0.5) is 5.69 Å². The monoisotopic (exact) mass is 331 g/mol. The number of sulfonamides is 1. The molecule has 21 heavy (non-hydrogen) atoms. The third kappa shape index (κ3) is 3.55. The van der Waals surface area contributed by atoms with Gasteiger partial charge in [0.15, 0.2) is 9.84 Å². The van der Waals surface area contributed by atoms with Crippen LogP contribution in [0.5, 0.6) is 0 Å². The Kier molecular flexibility index (Phi) is 4.26. The summed E-state index contributed by atoms with van der Waals surface area (Å²) < 4.78 is 49.5. The van der Waals surface area contributed by atoms with Crippen molar-refractivity contribution < 1.29 is 16.8 Å². The molecule has 0 fully saturated rings. The van der Waals surface area contributed by atoms with E-state index in [1.807, 2.05) is 0 Å². The van der Waals surface area contributed by atoms with Crippen molar-refractivity contribution in [3.63, 3.8) is 0 Å². The average Bonchev–Trinajstić information content (AvgIpc) is 2.81. The molecule has 1 aromatic heterocycles. The Labute approximate surface area is 123 Å². The smallest absolute Gasteiger partial charge is 0.242 e. The fourth-order valence-corrected chi connectivity index (χ4v) is 3.93. The number of anilines is 1. The number of aromatic nitrogens is 1. The predicted octanol–water partition coefficient (Wildman–Crippen LogP) is 0.463. The minimum absolute atomic E-state index is 0.0128.